The lowest BCUT2D eigenvalue weighted by atomic mass is 9.84. The highest BCUT2D eigenvalue weighted by Crippen LogP contribution is 2.38. The molecule has 1 aliphatic carbocycles. The van der Waals surface area contributed by atoms with E-state index >= 15 is 0 Å². The van der Waals surface area contributed by atoms with Crippen LogP contribution in [0.5, 0.6) is 0 Å². The molecule has 1 aliphatic rings. The van der Waals surface area contributed by atoms with E-state index in [9.17, 15) is 20.2 Å². The van der Waals surface area contributed by atoms with E-state index in [-0.39, 0.29) is 24.2 Å². The molecule has 0 aromatic rings. The molecule has 21 heavy (non-hydrogen) atoms. The smallest absolute Gasteiger partial charge is 0.296 e. The van der Waals surface area contributed by atoms with Crippen molar-refractivity contribution < 1.29 is 9.85 Å². The molecule has 2 N–H and O–H groups in total. The van der Waals surface area contributed by atoms with Crippen molar-refractivity contribution in [3.63, 3.8) is 0 Å². The van der Waals surface area contributed by atoms with Gasteiger partial charge in [0, 0.05) is 15.8 Å². The van der Waals surface area contributed by atoms with Crippen LogP contribution in [0.3, 0.4) is 0 Å². The Morgan fingerprint density at radius 1 is 1.29 bits per heavy atom. The molecule has 118 valence electrons. The zero-order valence-corrected chi connectivity index (χ0v) is 13.6. The third kappa shape index (κ3) is 4.26. The molecule has 0 aliphatic heterocycles. The molecule has 0 saturated heterocycles. The van der Waals surface area contributed by atoms with E-state index in [1.807, 2.05) is 0 Å². The Balaban J connectivity index is 2.91. The molecule has 0 fully saturated rings. The number of rotatable bonds is 8. The summed E-state index contributed by atoms with van der Waals surface area (Å²) < 4.78 is 0.335. The van der Waals surface area contributed by atoms with E-state index in [0.717, 1.165) is 31.8 Å². The van der Waals surface area contributed by atoms with Crippen LogP contribution in [0.25, 0.3) is 0 Å². The number of nitrogens with two attached hydrogens (primary N) is 1. The molecule has 0 aromatic heterocycles. The summed E-state index contributed by atoms with van der Waals surface area (Å²) in [5.74, 6) is 0. The van der Waals surface area contributed by atoms with Gasteiger partial charge in [0.15, 0.2) is 0 Å². The number of halogens is 1. The number of hydrogen-bond acceptors (Lipinski definition) is 5. The van der Waals surface area contributed by atoms with Crippen molar-refractivity contribution in [3.05, 3.63) is 42.2 Å². The van der Waals surface area contributed by atoms with Crippen LogP contribution < -0.4 is 5.73 Å². The minimum absolute atomic E-state index is 0.0246. The SMILES string of the molecule is CCCCCCCC1([N+](=O)[O-])C=C([N+](=O)[O-])C(N)=C(Br)C1. The second-order valence-electron chi connectivity index (χ2n) is 5.31. The van der Waals surface area contributed by atoms with Crippen molar-refractivity contribution in [2.75, 3.05) is 0 Å². The van der Waals surface area contributed by atoms with Gasteiger partial charge in [-0.25, -0.2) is 0 Å². The highest BCUT2D eigenvalue weighted by Gasteiger charge is 2.47. The molecule has 0 heterocycles. The standard InChI is InChI=1S/C13H20BrN3O4/c1-2-3-4-5-6-7-13(17(20)21)8-10(14)12(15)11(9-13)16(18)19/h9H,2-8,15H2,1H3. The normalized spacial score (nSPS) is 22.1. The molecular formula is C13H20BrN3O4. The van der Waals surface area contributed by atoms with Crippen LogP contribution in [0.1, 0.15) is 51.9 Å². The fraction of sp³-hybridized carbons (Fsp3) is 0.692. The molecule has 0 amide bonds. The van der Waals surface area contributed by atoms with Crippen LogP contribution in [0.15, 0.2) is 22.0 Å². The Morgan fingerprint density at radius 3 is 2.43 bits per heavy atom. The molecule has 0 aromatic carbocycles. The van der Waals surface area contributed by atoms with Crippen LogP contribution in [0.2, 0.25) is 0 Å². The first-order valence-electron chi connectivity index (χ1n) is 7.00. The molecule has 8 heteroatoms. The maximum atomic E-state index is 11.5. The largest absolute Gasteiger partial charge is 0.393 e. The van der Waals surface area contributed by atoms with E-state index in [0.29, 0.717) is 10.9 Å². The Hall–Kier alpha value is -1.44. The number of hydrogen-bond donors (Lipinski definition) is 1. The van der Waals surface area contributed by atoms with Crippen LogP contribution in [0, 0.1) is 20.2 Å². The predicted molar refractivity (Wildman–Crippen MR) is 82.9 cm³/mol. The maximum Gasteiger partial charge on any atom is 0.296 e. The third-order valence-corrected chi connectivity index (χ3v) is 4.42. The molecule has 0 radical (unpaired) electrons. The van der Waals surface area contributed by atoms with Gasteiger partial charge in [-0.2, -0.15) is 0 Å². The third-order valence-electron chi connectivity index (χ3n) is 3.71. The number of unbranched alkanes of at least 4 members (excludes halogenated alkanes) is 4. The van der Waals surface area contributed by atoms with Crippen LogP contribution in [0.4, 0.5) is 0 Å². The minimum Gasteiger partial charge on any atom is -0.393 e. The van der Waals surface area contributed by atoms with Crippen LogP contribution in [-0.2, 0) is 0 Å². The fourth-order valence-corrected chi connectivity index (χ4v) is 3.13. The first-order chi connectivity index (χ1) is 9.84. The molecule has 1 atom stereocenters. The summed E-state index contributed by atoms with van der Waals surface area (Å²) in [6.07, 6.45) is 6.24. The monoisotopic (exact) mass is 361 g/mol. The average Bonchev–Trinajstić information content (AvgIpc) is 2.41. The molecule has 7 nitrogen and oxygen atoms in total. The maximum absolute atomic E-state index is 11.5. The van der Waals surface area contributed by atoms with Gasteiger partial charge in [-0.05, 0) is 6.42 Å². The summed E-state index contributed by atoms with van der Waals surface area (Å²) >= 11 is 3.15. The molecule has 0 bridgehead atoms. The van der Waals surface area contributed by atoms with E-state index < -0.39 is 15.4 Å². The van der Waals surface area contributed by atoms with Crippen molar-refractivity contribution in [3.8, 4) is 0 Å². The first-order valence-corrected chi connectivity index (χ1v) is 7.79. The number of nitrogens with zero attached hydrogens (tertiary/aromatic N) is 2. The quantitative estimate of drug-likeness (QED) is 0.403. The number of nitro groups is 2. The highest BCUT2D eigenvalue weighted by atomic mass is 79.9. The Morgan fingerprint density at radius 2 is 1.90 bits per heavy atom. The average molecular weight is 362 g/mol. The van der Waals surface area contributed by atoms with Gasteiger partial charge in [0.1, 0.15) is 5.70 Å². The van der Waals surface area contributed by atoms with Crippen LogP contribution >= 0.6 is 15.9 Å². The Kier molecular flexibility index (Phi) is 6.32. The first kappa shape index (κ1) is 17.6. The molecular weight excluding hydrogens is 342 g/mol. The molecule has 1 rings (SSSR count). The van der Waals surface area contributed by atoms with Gasteiger partial charge in [-0.3, -0.25) is 20.2 Å². The van der Waals surface area contributed by atoms with Gasteiger partial charge < -0.3 is 5.73 Å². The summed E-state index contributed by atoms with van der Waals surface area (Å²) in [6, 6.07) is 0. The van der Waals surface area contributed by atoms with Crippen LogP contribution in [-0.4, -0.2) is 15.4 Å². The van der Waals surface area contributed by atoms with Gasteiger partial charge in [0.05, 0.1) is 17.4 Å². The summed E-state index contributed by atoms with van der Waals surface area (Å²) in [7, 11) is 0. The van der Waals surface area contributed by atoms with Crippen molar-refractivity contribution >= 4 is 15.9 Å². The zero-order valence-electron chi connectivity index (χ0n) is 12.0. The Bertz CT molecular complexity index is 490. The topological polar surface area (TPSA) is 112 Å². The summed E-state index contributed by atoms with van der Waals surface area (Å²) in [5, 5.41) is 22.5. The lowest BCUT2D eigenvalue weighted by Gasteiger charge is -2.25. The predicted octanol–water partition coefficient (Wildman–Crippen LogP) is 3.49. The van der Waals surface area contributed by atoms with Crippen molar-refractivity contribution in [1.29, 1.82) is 0 Å². The lowest BCUT2D eigenvalue weighted by Crippen LogP contribution is -2.40. The van der Waals surface area contributed by atoms with E-state index in [1.54, 1.807) is 0 Å². The van der Waals surface area contributed by atoms with Gasteiger partial charge in [-0.1, -0.05) is 48.5 Å². The second kappa shape index (κ2) is 7.53. The van der Waals surface area contributed by atoms with E-state index in [2.05, 4.69) is 22.9 Å². The summed E-state index contributed by atoms with van der Waals surface area (Å²) in [4.78, 5) is 21.4. The highest BCUT2D eigenvalue weighted by molar-refractivity contribution is 9.11. The minimum atomic E-state index is -1.43. The Labute approximate surface area is 131 Å². The van der Waals surface area contributed by atoms with Crippen molar-refractivity contribution in [2.45, 2.75) is 57.4 Å². The van der Waals surface area contributed by atoms with Crippen molar-refractivity contribution in [1.82, 2.24) is 0 Å². The van der Waals surface area contributed by atoms with Gasteiger partial charge in [-0.15, -0.1) is 0 Å². The van der Waals surface area contributed by atoms with Gasteiger partial charge >= 0.3 is 0 Å². The zero-order chi connectivity index (χ0) is 16.0. The van der Waals surface area contributed by atoms with E-state index in [4.69, 9.17) is 5.73 Å². The summed E-state index contributed by atoms with van der Waals surface area (Å²) in [5.41, 5.74) is 3.80. The molecule has 0 spiro atoms. The molecule has 1 unspecified atom stereocenters. The van der Waals surface area contributed by atoms with Gasteiger partial charge in [0.2, 0.25) is 0 Å². The lowest BCUT2D eigenvalue weighted by molar-refractivity contribution is -0.558. The summed E-state index contributed by atoms with van der Waals surface area (Å²) in [6.45, 7) is 2.09. The molecule has 0 saturated carbocycles. The van der Waals surface area contributed by atoms with Crippen molar-refractivity contribution in [2.24, 2.45) is 5.73 Å². The fourth-order valence-electron chi connectivity index (χ4n) is 2.44. The van der Waals surface area contributed by atoms with Gasteiger partial charge in [0.25, 0.3) is 11.2 Å². The second-order valence-corrected chi connectivity index (χ2v) is 6.26. The van der Waals surface area contributed by atoms with E-state index in [1.165, 1.54) is 0 Å².